The van der Waals surface area contributed by atoms with E-state index in [1.165, 1.54) is 12.1 Å². The highest BCUT2D eigenvalue weighted by Gasteiger charge is 1.99. The Hall–Kier alpha value is -2.64. The van der Waals surface area contributed by atoms with Gasteiger partial charge in [-0.1, -0.05) is 17.5 Å². The zero-order valence-electron chi connectivity index (χ0n) is 10.8. The molecular formula is C16H9ClFN3. The van der Waals surface area contributed by atoms with Crippen molar-refractivity contribution in [2.45, 2.75) is 0 Å². The summed E-state index contributed by atoms with van der Waals surface area (Å²) in [5, 5.41) is 4.72. The molecule has 0 aliphatic heterocycles. The van der Waals surface area contributed by atoms with Crippen molar-refractivity contribution in [3.05, 3.63) is 77.1 Å². The number of nitrogens with zero attached hydrogens (tertiary/aromatic N) is 3. The van der Waals surface area contributed by atoms with Crippen LogP contribution in [-0.4, -0.2) is 14.8 Å². The number of pyridine rings is 1. The monoisotopic (exact) mass is 297 g/mol. The third kappa shape index (κ3) is 3.28. The molecule has 0 unspecified atom stereocenters. The lowest BCUT2D eigenvalue weighted by Gasteiger charge is -1.99. The predicted molar refractivity (Wildman–Crippen MR) is 78.7 cm³/mol. The lowest BCUT2D eigenvalue weighted by atomic mass is 10.2. The van der Waals surface area contributed by atoms with Crippen LogP contribution in [0.3, 0.4) is 0 Å². The zero-order chi connectivity index (χ0) is 14.7. The van der Waals surface area contributed by atoms with Crippen LogP contribution in [0.1, 0.15) is 11.3 Å². The highest BCUT2D eigenvalue weighted by Crippen LogP contribution is 2.09. The van der Waals surface area contributed by atoms with E-state index in [1.54, 1.807) is 47.4 Å². The van der Waals surface area contributed by atoms with Gasteiger partial charge in [-0.15, -0.1) is 0 Å². The van der Waals surface area contributed by atoms with Gasteiger partial charge < -0.3 is 0 Å². The van der Waals surface area contributed by atoms with Gasteiger partial charge in [0.25, 0.3) is 0 Å². The van der Waals surface area contributed by atoms with Crippen LogP contribution >= 0.6 is 11.6 Å². The molecule has 21 heavy (non-hydrogen) atoms. The van der Waals surface area contributed by atoms with E-state index in [1.807, 2.05) is 0 Å². The van der Waals surface area contributed by atoms with Crippen molar-refractivity contribution in [1.29, 1.82) is 0 Å². The van der Waals surface area contributed by atoms with E-state index < -0.39 is 0 Å². The Morgan fingerprint density at radius 1 is 1.05 bits per heavy atom. The SMILES string of the molecule is Fc1ccc(-n2ccc(C#Cc3ccnc(Cl)c3)n2)cc1. The van der Waals surface area contributed by atoms with E-state index in [4.69, 9.17) is 11.6 Å². The fraction of sp³-hybridized carbons (Fsp3) is 0. The van der Waals surface area contributed by atoms with Gasteiger partial charge >= 0.3 is 0 Å². The first kappa shape index (κ1) is 13.3. The molecule has 2 aromatic heterocycles. The van der Waals surface area contributed by atoms with Crippen LogP contribution in [0.4, 0.5) is 4.39 Å². The second-order valence-corrected chi connectivity index (χ2v) is 4.63. The summed E-state index contributed by atoms with van der Waals surface area (Å²) < 4.78 is 14.5. The first-order valence-electron chi connectivity index (χ1n) is 6.16. The summed E-state index contributed by atoms with van der Waals surface area (Å²) >= 11 is 5.79. The third-order valence-electron chi connectivity index (χ3n) is 2.74. The molecule has 0 aliphatic carbocycles. The summed E-state index contributed by atoms with van der Waals surface area (Å²) in [5.74, 6) is 5.64. The molecule has 5 heteroatoms. The van der Waals surface area contributed by atoms with Crippen molar-refractivity contribution in [1.82, 2.24) is 14.8 Å². The minimum absolute atomic E-state index is 0.277. The van der Waals surface area contributed by atoms with Crippen molar-refractivity contribution in [3.63, 3.8) is 0 Å². The van der Waals surface area contributed by atoms with E-state index in [0.29, 0.717) is 10.8 Å². The molecule has 0 bridgehead atoms. The molecule has 102 valence electrons. The first-order chi connectivity index (χ1) is 10.2. The number of rotatable bonds is 1. The molecule has 2 heterocycles. The maximum absolute atomic E-state index is 12.9. The van der Waals surface area contributed by atoms with Crippen LogP contribution < -0.4 is 0 Å². The molecule has 0 fully saturated rings. The van der Waals surface area contributed by atoms with E-state index in [2.05, 4.69) is 21.9 Å². The molecule has 0 aliphatic rings. The van der Waals surface area contributed by atoms with Crippen molar-refractivity contribution in [2.75, 3.05) is 0 Å². The standard InChI is InChI=1S/C16H9ClFN3/c17-16-11-12(7-9-19-16)1-4-14-8-10-21(20-14)15-5-2-13(18)3-6-15/h2-3,5-11H. The summed E-state index contributed by atoms with van der Waals surface area (Å²) in [6, 6.07) is 11.3. The van der Waals surface area contributed by atoms with E-state index in [-0.39, 0.29) is 5.82 Å². The average molecular weight is 298 g/mol. The van der Waals surface area contributed by atoms with Gasteiger partial charge in [0.15, 0.2) is 0 Å². The summed E-state index contributed by atoms with van der Waals surface area (Å²) in [4.78, 5) is 3.89. The van der Waals surface area contributed by atoms with Crippen molar-refractivity contribution in [2.24, 2.45) is 0 Å². The average Bonchev–Trinajstić information content (AvgIpc) is 2.95. The van der Waals surface area contributed by atoms with Gasteiger partial charge in [0.05, 0.1) is 5.69 Å². The summed E-state index contributed by atoms with van der Waals surface area (Å²) in [7, 11) is 0. The molecule has 0 N–H and O–H groups in total. The fourth-order valence-corrected chi connectivity index (χ4v) is 1.92. The molecule has 0 radical (unpaired) electrons. The Labute approximate surface area is 126 Å². The Morgan fingerprint density at radius 3 is 2.62 bits per heavy atom. The maximum Gasteiger partial charge on any atom is 0.136 e. The van der Waals surface area contributed by atoms with Crippen LogP contribution in [0.5, 0.6) is 0 Å². The maximum atomic E-state index is 12.9. The smallest absolute Gasteiger partial charge is 0.136 e. The number of benzene rings is 1. The van der Waals surface area contributed by atoms with Crippen molar-refractivity contribution >= 4 is 11.6 Å². The highest BCUT2D eigenvalue weighted by molar-refractivity contribution is 6.29. The van der Waals surface area contributed by atoms with Gasteiger partial charge in [-0.25, -0.2) is 14.1 Å². The van der Waals surface area contributed by atoms with Gasteiger partial charge in [-0.3, -0.25) is 0 Å². The molecule has 3 rings (SSSR count). The summed E-state index contributed by atoms with van der Waals surface area (Å²) in [5.41, 5.74) is 2.16. The molecule has 0 amide bonds. The molecule has 0 saturated heterocycles. The van der Waals surface area contributed by atoms with Crippen LogP contribution in [0.2, 0.25) is 5.15 Å². The minimum atomic E-state index is -0.277. The largest absolute Gasteiger partial charge is 0.244 e. The normalized spacial score (nSPS) is 10.0. The first-order valence-corrected chi connectivity index (χ1v) is 6.54. The third-order valence-corrected chi connectivity index (χ3v) is 2.95. The number of halogens is 2. The fourth-order valence-electron chi connectivity index (χ4n) is 1.74. The second-order valence-electron chi connectivity index (χ2n) is 4.24. The quantitative estimate of drug-likeness (QED) is 0.509. The molecular weight excluding hydrogens is 289 g/mol. The van der Waals surface area contributed by atoms with E-state index >= 15 is 0 Å². The Balaban J connectivity index is 1.84. The topological polar surface area (TPSA) is 30.7 Å². The molecule has 0 spiro atoms. The molecule has 0 atom stereocenters. The number of hydrogen-bond acceptors (Lipinski definition) is 2. The Kier molecular flexibility index (Phi) is 3.67. The zero-order valence-corrected chi connectivity index (χ0v) is 11.5. The number of hydrogen-bond donors (Lipinski definition) is 0. The summed E-state index contributed by atoms with van der Waals surface area (Å²) in [6.07, 6.45) is 3.38. The predicted octanol–water partition coefficient (Wildman–Crippen LogP) is 3.46. The Morgan fingerprint density at radius 2 is 1.86 bits per heavy atom. The van der Waals surface area contributed by atoms with Crippen molar-refractivity contribution < 1.29 is 4.39 Å². The summed E-state index contributed by atoms with van der Waals surface area (Å²) in [6.45, 7) is 0. The molecule has 3 nitrogen and oxygen atoms in total. The number of aromatic nitrogens is 3. The van der Waals surface area contributed by atoms with Crippen LogP contribution in [-0.2, 0) is 0 Å². The lowest BCUT2D eigenvalue weighted by Crippen LogP contribution is -1.94. The van der Waals surface area contributed by atoms with Gasteiger partial charge in [-0.2, -0.15) is 5.10 Å². The Bertz CT molecular complexity index is 828. The molecule has 0 saturated carbocycles. The van der Waals surface area contributed by atoms with Crippen molar-refractivity contribution in [3.8, 4) is 17.5 Å². The highest BCUT2D eigenvalue weighted by atomic mass is 35.5. The van der Waals surface area contributed by atoms with Crippen LogP contribution in [0.15, 0.2) is 54.9 Å². The molecule has 3 aromatic rings. The van der Waals surface area contributed by atoms with E-state index in [0.717, 1.165) is 11.3 Å². The minimum Gasteiger partial charge on any atom is -0.244 e. The van der Waals surface area contributed by atoms with Gasteiger partial charge in [0, 0.05) is 18.0 Å². The van der Waals surface area contributed by atoms with Crippen LogP contribution in [0, 0.1) is 17.7 Å². The lowest BCUT2D eigenvalue weighted by molar-refractivity contribution is 0.627. The van der Waals surface area contributed by atoms with Gasteiger partial charge in [0.2, 0.25) is 0 Å². The van der Waals surface area contributed by atoms with Gasteiger partial charge in [0.1, 0.15) is 16.7 Å². The van der Waals surface area contributed by atoms with Gasteiger partial charge in [-0.05, 0) is 48.4 Å². The van der Waals surface area contributed by atoms with Crippen LogP contribution in [0.25, 0.3) is 5.69 Å². The second kappa shape index (κ2) is 5.78. The van der Waals surface area contributed by atoms with E-state index in [9.17, 15) is 4.39 Å². The molecule has 1 aromatic carbocycles.